The number of nitrogens with zero attached hydrogens (tertiary/aromatic N) is 1. The molecule has 0 bridgehead atoms. The molecule has 1 heterocycles. The Balaban J connectivity index is 2.22. The summed E-state index contributed by atoms with van der Waals surface area (Å²) in [6.45, 7) is 2.65. The summed E-state index contributed by atoms with van der Waals surface area (Å²) in [4.78, 5) is 0.355. The van der Waals surface area contributed by atoms with Gasteiger partial charge in [-0.15, -0.1) is 0 Å². The number of aromatic nitrogens is 1. The molecule has 0 saturated heterocycles. The van der Waals surface area contributed by atoms with Gasteiger partial charge < -0.3 is 9.88 Å². The molecule has 19 heavy (non-hydrogen) atoms. The maximum atomic E-state index is 12.4. The van der Waals surface area contributed by atoms with Gasteiger partial charge in [0, 0.05) is 31.0 Å². The molecule has 1 saturated carbocycles. The molecule has 0 atom stereocenters. The zero-order valence-electron chi connectivity index (χ0n) is 11.9. The van der Waals surface area contributed by atoms with E-state index in [2.05, 4.69) is 10.0 Å². The Morgan fingerprint density at radius 1 is 1.37 bits per heavy atom. The highest BCUT2D eigenvalue weighted by Crippen LogP contribution is 2.30. The van der Waals surface area contributed by atoms with Crippen molar-refractivity contribution in [3.63, 3.8) is 0 Å². The summed E-state index contributed by atoms with van der Waals surface area (Å²) >= 11 is 0. The van der Waals surface area contributed by atoms with Crippen LogP contribution >= 0.6 is 0 Å². The van der Waals surface area contributed by atoms with Gasteiger partial charge in [-0.1, -0.05) is 12.8 Å². The van der Waals surface area contributed by atoms with E-state index in [1.165, 1.54) is 0 Å². The van der Waals surface area contributed by atoms with Crippen molar-refractivity contribution in [2.24, 2.45) is 7.05 Å². The van der Waals surface area contributed by atoms with E-state index in [9.17, 15) is 8.42 Å². The largest absolute Gasteiger partial charge is 0.352 e. The number of hydrogen-bond acceptors (Lipinski definition) is 3. The summed E-state index contributed by atoms with van der Waals surface area (Å²) < 4.78 is 29.6. The molecule has 2 N–H and O–H groups in total. The van der Waals surface area contributed by atoms with Crippen LogP contribution in [0.25, 0.3) is 0 Å². The van der Waals surface area contributed by atoms with Crippen molar-refractivity contribution >= 4 is 10.0 Å². The molecule has 6 heteroatoms. The van der Waals surface area contributed by atoms with Crippen LogP contribution in [0, 0.1) is 0 Å². The fourth-order valence-electron chi connectivity index (χ4n) is 2.72. The summed E-state index contributed by atoms with van der Waals surface area (Å²) in [5.41, 5.74) is 0.678. The second kappa shape index (κ2) is 5.26. The average molecular weight is 285 g/mol. The molecule has 1 fully saturated rings. The summed E-state index contributed by atoms with van der Waals surface area (Å²) in [5.74, 6) is 0. The lowest BCUT2D eigenvalue weighted by atomic mass is 10.0. The van der Waals surface area contributed by atoms with Crippen molar-refractivity contribution in [1.82, 2.24) is 14.6 Å². The van der Waals surface area contributed by atoms with Crippen molar-refractivity contribution in [1.29, 1.82) is 0 Å². The Morgan fingerprint density at radius 3 is 2.58 bits per heavy atom. The number of nitrogens with one attached hydrogen (secondary N) is 2. The van der Waals surface area contributed by atoms with Crippen molar-refractivity contribution in [2.75, 3.05) is 7.05 Å². The maximum absolute atomic E-state index is 12.4. The van der Waals surface area contributed by atoms with Gasteiger partial charge >= 0.3 is 0 Å². The third kappa shape index (κ3) is 3.19. The van der Waals surface area contributed by atoms with Gasteiger partial charge in [0.05, 0.1) is 4.90 Å². The van der Waals surface area contributed by atoms with E-state index in [0.717, 1.165) is 31.4 Å². The molecule has 0 spiro atoms. The molecule has 0 aliphatic heterocycles. The Kier molecular flexibility index (Phi) is 4.03. The summed E-state index contributed by atoms with van der Waals surface area (Å²) in [6.07, 6.45) is 5.70. The maximum Gasteiger partial charge on any atom is 0.242 e. The highest BCUT2D eigenvalue weighted by atomic mass is 32.2. The Labute approximate surface area is 115 Å². The van der Waals surface area contributed by atoms with Gasteiger partial charge in [-0.25, -0.2) is 13.1 Å². The van der Waals surface area contributed by atoms with Crippen LogP contribution in [0.1, 0.15) is 38.3 Å². The standard InChI is InChI=1S/C13H23N3O2S/c1-13(6-4-5-7-13)15-19(17,18)12-8-11(9-14-2)16(3)10-12/h8,10,14-15H,4-7,9H2,1-3H3. The van der Waals surface area contributed by atoms with Crippen LogP contribution in [-0.2, 0) is 23.6 Å². The van der Waals surface area contributed by atoms with E-state index in [1.54, 1.807) is 12.3 Å². The fourth-order valence-corrected chi connectivity index (χ4v) is 4.28. The third-order valence-corrected chi connectivity index (χ3v) is 5.44. The van der Waals surface area contributed by atoms with E-state index in [-0.39, 0.29) is 5.54 Å². The van der Waals surface area contributed by atoms with Crippen LogP contribution in [0.4, 0.5) is 0 Å². The monoisotopic (exact) mass is 285 g/mol. The van der Waals surface area contributed by atoms with Crippen molar-refractivity contribution in [3.05, 3.63) is 18.0 Å². The minimum atomic E-state index is -3.42. The van der Waals surface area contributed by atoms with Gasteiger partial charge in [-0.2, -0.15) is 0 Å². The average Bonchev–Trinajstić information content (AvgIpc) is 2.87. The normalized spacial score (nSPS) is 18.9. The predicted molar refractivity (Wildman–Crippen MR) is 75.4 cm³/mol. The minimum absolute atomic E-state index is 0.280. The first-order valence-corrected chi connectivity index (χ1v) is 8.18. The molecule has 108 valence electrons. The molecule has 0 radical (unpaired) electrons. The number of aryl methyl sites for hydroxylation is 1. The van der Waals surface area contributed by atoms with Gasteiger partial charge in [0.15, 0.2) is 0 Å². The zero-order chi connectivity index (χ0) is 14.1. The SMILES string of the molecule is CNCc1cc(S(=O)(=O)NC2(C)CCCC2)cn1C. The van der Waals surface area contributed by atoms with E-state index < -0.39 is 10.0 Å². The highest BCUT2D eigenvalue weighted by Gasteiger charge is 2.33. The van der Waals surface area contributed by atoms with Crippen LogP contribution in [0.15, 0.2) is 17.2 Å². The Bertz CT molecular complexity index is 542. The number of hydrogen-bond donors (Lipinski definition) is 2. The van der Waals surface area contributed by atoms with Crippen LogP contribution in [0.2, 0.25) is 0 Å². The lowest BCUT2D eigenvalue weighted by molar-refractivity contribution is 0.427. The lowest BCUT2D eigenvalue weighted by Crippen LogP contribution is -2.43. The molecular formula is C13H23N3O2S. The van der Waals surface area contributed by atoms with Crippen molar-refractivity contribution in [3.8, 4) is 0 Å². The van der Waals surface area contributed by atoms with E-state index in [0.29, 0.717) is 11.4 Å². The number of sulfonamides is 1. The van der Waals surface area contributed by atoms with E-state index >= 15 is 0 Å². The molecule has 0 aromatic carbocycles. The first-order valence-electron chi connectivity index (χ1n) is 6.70. The molecule has 1 aromatic rings. The summed E-state index contributed by atoms with van der Waals surface area (Å²) in [6, 6.07) is 1.73. The van der Waals surface area contributed by atoms with E-state index in [1.807, 2.05) is 25.6 Å². The fraction of sp³-hybridized carbons (Fsp3) is 0.692. The van der Waals surface area contributed by atoms with Crippen LogP contribution in [0.5, 0.6) is 0 Å². The van der Waals surface area contributed by atoms with E-state index in [4.69, 9.17) is 0 Å². The van der Waals surface area contributed by atoms with Crippen LogP contribution in [0.3, 0.4) is 0 Å². The molecule has 5 nitrogen and oxygen atoms in total. The van der Waals surface area contributed by atoms with Gasteiger partial charge in [0.1, 0.15) is 0 Å². The van der Waals surface area contributed by atoms with Gasteiger partial charge in [-0.3, -0.25) is 0 Å². The predicted octanol–water partition coefficient (Wildman–Crippen LogP) is 1.36. The Hall–Kier alpha value is -0.850. The molecule has 0 amide bonds. The van der Waals surface area contributed by atoms with Crippen LogP contribution < -0.4 is 10.0 Å². The number of rotatable bonds is 5. The second-order valence-electron chi connectivity index (χ2n) is 5.68. The van der Waals surface area contributed by atoms with Crippen molar-refractivity contribution < 1.29 is 8.42 Å². The quantitative estimate of drug-likeness (QED) is 0.858. The highest BCUT2D eigenvalue weighted by molar-refractivity contribution is 7.89. The topological polar surface area (TPSA) is 63.1 Å². The molecule has 2 rings (SSSR count). The van der Waals surface area contributed by atoms with Gasteiger partial charge in [0.2, 0.25) is 10.0 Å². The van der Waals surface area contributed by atoms with Gasteiger partial charge in [0.25, 0.3) is 0 Å². The smallest absolute Gasteiger partial charge is 0.242 e. The summed E-state index contributed by atoms with van der Waals surface area (Å²) in [7, 11) is 0.290. The first-order chi connectivity index (χ1) is 8.86. The zero-order valence-corrected chi connectivity index (χ0v) is 12.7. The molecular weight excluding hydrogens is 262 g/mol. The van der Waals surface area contributed by atoms with Crippen LogP contribution in [-0.4, -0.2) is 25.6 Å². The second-order valence-corrected chi connectivity index (χ2v) is 7.36. The molecule has 1 aliphatic carbocycles. The third-order valence-electron chi connectivity index (χ3n) is 3.84. The molecule has 1 aliphatic rings. The van der Waals surface area contributed by atoms with Crippen molar-refractivity contribution in [2.45, 2.75) is 49.6 Å². The lowest BCUT2D eigenvalue weighted by Gasteiger charge is -2.24. The van der Waals surface area contributed by atoms with Gasteiger partial charge in [-0.05, 0) is 32.9 Å². The minimum Gasteiger partial charge on any atom is -0.352 e. The molecule has 0 unspecified atom stereocenters. The Morgan fingerprint density at radius 2 is 2.00 bits per heavy atom. The molecule has 1 aromatic heterocycles. The first kappa shape index (κ1) is 14.6. The summed E-state index contributed by atoms with van der Waals surface area (Å²) in [5, 5.41) is 3.03.